The molecule has 0 atom stereocenters. The molecule has 1 aliphatic heterocycles. The summed E-state index contributed by atoms with van der Waals surface area (Å²) in [6.07, 6.45) is 3.31. The first kappa shape index (κ1) is 18.2. The first-order valence-electron chi connectivity index (χ1n) is 8.68. The topological polar surface area (TPSA) is 69.7 Å². The molecule has 0 radical (unpaired) electrons. The van der Waals surface area contributed by atoms with Crippen LogP contribution in [0.25, 0.3) is 0 Å². The van der Waals surface area contributed by atoms with Crippen LogP contribution in [0, 0.1) is 0 Å². The Labute approximate surface area is 153 Å². The summed E-state index contributed by atoms with van der Waals surface area (Å²) in [7, 11) is 3.16. The van der Waals surface area contributed by atoms with Gasteiger partial charge < -0.3 is 19.5 Å². The first-order valence-corrected chi connectivity index (χ1v) is 8.68. The Hall–Kier alpha value is -2.60. The maximum absolute atomic E-state index is 12.7. The van der Waals surface area contributed by atoms with Gasteiger partial charge in [0.25, 0.3) is 5.91 Å². The van der Waals surface area contributed by atoms with Gasteiger partial charge in [0.1, 0.15) is 11.3 Å². The summed E-state index contributed by atoms with van der Waals surface area (Å²) in [5, 5.41) is 3.07. The highest BCUT2D eigenvalue weighted by atomic mass is 16.5. The average Bonchev–Trinajstić information content (AvgIpc) is 2.72. The molecule has 0 unspecified atom stereocenters. The molecule has 1 aliphatic rings. The van der Waals surface area contributed by atoms with Crippen molar-refractivity contribution in [2.75, 3.05) is 34.0 Å². The number of amides is 1. The van der Waals surface area contributed by atoms with Crippen molar-refractivity contribution < 1.29 is 19.0 Å². The van der Waals surface area contributed by atoms with Crippen LogP contribution < -0.4 is 14.8 Å². The highest BCUT2D eigenvalue weighted by Crippen LogP contribution is 2.35. The van der Waals surface area contributed by atoms with E-state index < -0.39 is 0 Å². The number of ether oxygens (including phenoxy) is 3. The summed E-state index contributed by atoms with van der Waals surface area (Å²) in [6, 6.07) is 11.5. The molecule has 0 bridgehead atoms. The molecule has 1 aromatic heterocycles. The predicted molar refractivity (Wildman–Crippen MR) is 97.8 cm³/mol. The predicted octanol–water partition coefficient (Wildman–Crippen LogP) is 2.58. The van der Waals surface area contributed by atoms with Gasteiger partial charge in [0.2, 0.25) is 5.88 Å². The highest BCUT2D eigenvalue weighted by Gasteiger charge is 2.35. The van der Waals surface area contributed by atoms with Gasteiger partial charge in [-0.3, -0.25) is 4.79 Å². The van der Waals surface area contributed by atoms with Gasteiger partial charge in [-0.25, -0.2) is 4.98 Å². The van der Waals surface area contributed by atoms with Crippen LogP contribution in [0.1, 0.15) is 28.8 Å². The monoisotopic (exact) mass is 356 g/mol. The van der Waals surface area contributed by atoms with Crippen LogP contribution in [0.2, 0.25) is 0 Å². The molecule has 138 valence electrons. The van der Waals surface area contributed by atoms with E-state index in [9.17, 15) is 4.79 Å². The molecule has 6 heteroatoms. The normalized spacial score (nSPS) is 15.9. The summed E-state index contributed by atoms with van der Waals surface area (Å²) < 4.78 is 16.0. The number of aromatic nitrogens is 1. The van der Waals surface area contributed by atoms with Gasteiger partial charge in [-0.15, -0.1) is 0 Å². The average molecular weight is 356 g/mol. The van der Waals surface area contributed by atoms with E-state index in [1.807, 2.05) is 12.1 Å². The van der Waals surface area contributed by atoms with E-state index in [1.54, 1.807) is 25.4 Å². The second-order valence-electron chi connectivity index (χ2n) is 6.36. The van der Waals surface area contributed by atoms with Crippen molar-refractivity contribution in [1.29, 1.82) is 0 Å². The first-order chi connectivity index (χ1) is 12.7. The molecule has 2 aromatic rings. The quantitative estimate of drug-likeness (QED) is 0.861. The number of carbonyl (C=O) groups is 1. The number of nitrogens with one attached hydrogen (secondary N) is 1. The lowest BCUT2D eigenvalue weighted by atomic mass is 9.74. The van der Waals surface area contributed by atoms with E-state index in [1.165, 1.54) is 12.7 Å². The largest absolute Gasteiger partial charge is 0.497 e. The van der Waals surface area contributed by atoms with E-state index in [4.69, 9.17) is 14.2 Å². The zero-order chi connectivity index (χ0) is 18.4. The number of pyridine rings is 1. The third-order valence-corrected chi connectivity index (χ3v) is 4.95. The summed E-state index contributed by atoms with van der Waals surface area (Å²) in [5.74, 6) is 0.963. The molecule has 1 aromatic carbocycles. The lowest BCUT2D eigenvalue weighted by Crippen LogP contribution is -2.44. The number of methoxy groups -OCH3 is 2. The van der Waals surface area contributed by atoms with Gasteiger partial charge in [0, 0.05) is 31.4 Å². The van der Waals surface area contributed by atoms with Crippen LogP contribution in [0.15, 0.2) is 42.6 Å². The Morgan fingerprint density at radius 1 is 1.15 bits per heavy atom. The Morgan fingerprint density at radius 3 is 2.54 bits per heavy atom. The molecule has 1 fully saturated rings. The van der Waals surface area contributed by atoms with Crippen molar-refractivity contribution >= 4 is 5.91 Å². The number of benzene rings is 1. The zero-order valence-electron chi connectivity index (χ0n) is 15.2. The molecule has 1 saturated heterocycles. The molecule has 1 amide bonds. The summed E-state index contributed by atoms with van der Waals surface area (Å²) >= 11 is 0. The van der Waals surface area contributed by atoms with Crippen LogP contribution in [-0.2, 0) is 10.2 Å². The lowest BCUT2D eigenvalue weighted by Gasteiger charge is -2.38. The third-order valence-electron chi connectivity index (χ3n) is 4.95. The molecule has 6 nitrogen and oxygen atoms in total. The molecule has 0 spiro atoms. The second-order valence-corrected chi connectivity index (χ2v) is 6.36. The number of hydrogen-bond acceptors (Lipinski definition) is 5. The number of hydrogen-bond donors (Lipinski definition) is 1. The fourth-order valence-electron chi connectivity index (χ4n) is 3.35. The molecule has 2 heterocycles. The molecule has 0 saturated carbocycles. The Kier molecular flexibility index (Phi) is 5.73. The van der Waals surface area contributed by atoms with Gasteiger partial charge in [0.05, 0.1) is 14.2 Å². The fraction of sp³-hybridized carbons (Fsp3) is 0.400. The van der Waals surface area contributed by atoms with Crippen molar-refractivity contribution in [3.8, 4) is 11.6 Å². The highest BCUT2D eigenvalue weighted by molar-refractivity contribution is 5.96. The summed E-state index contributed by atoms with van der Waals surface area (Å²) in [6.45, 7) is 1.88. The molecule has 26 heavy (non-hydrogen) atoms. The van der Waals surface area contributed by atoms with Gasteiger partial charge >= 0.3 is 0 Å². The summed E-state index contributed by atoms with van der Waals surface area (Å²) in [5.41, 5.74) is 1.46. The van der Waals surface area contributed by atoms with E-state index in [-0.39, 0.29) is 11.3 Å². The lowest BCUT2D eigenvalue weighted by molar-refractivity contribution is 0.0486. The minimum Gasteiger partial charge on any atom is -0.497 e. The van der Waals surface area contributed by atoms with Gasteiger partial charge in [-0.2, -0.15) is 0 Å². The summed E-state index contributed by atoms with van der Waals surface area (Å²) in [4.78, 5) is 16.7. The molecular weight excluding hydrogens is 332 g/mol. The van der Waals surface area contributed by atoms with E-state index in [0.717, 1.165) is 18.6 Å². The molecule has 0 aliphatic carbocycles. The van der Waals surface area contributed by atoms with Crippen molar-refractivity contribution in [3.05, 3.63) is 53.7 Å². The van der Waals surface area contributed by atoms with Gasteiger partial charge in [-0.05, 0) is 42.7 Å². The van der Waals surface area contributed by atoms with Crippen LogP contribution in [0.4, 0.5) is 0 Å². The van der Waals surface area contributed by atoms with Crippen molar-refractivity contribution in [2.24, 2.45) is 0 Å². The maximum atomic E-state index is 12.7. The zero-order valence-corrected chi connectivity index (χ0v) is 15.2. The van der Waals surface area contributed by atoms with Gasteiger partial charge in [0.15, 0.2) is 0 Å². The Balaban J connectivity index is 1.79. The third kappa shape index (κ3) is 3.80. The van der Waals surface area contributed by atoms with Crippen molar-refractivity contribution in [2.45, 2.75) is 18.3 Å². The van der Waals surface area contributed by atoms with Gasteiger partial charge in [-0.1, -0.05) is 12.1 Å². The van der Waals surface area contributed by atoms with Crippen molar-refractivity contribution in [1.82, 2.24) is 10.3 Å². The van der Waals surface area contributed by atoms with E-state index in [2.05, 4.69) is 22.4 Å². The molecule has 3 rings (SSSR count). The second kappa shape index (κ2) is 8.19. The number of rotatable bonds is 6. The molecule has 1 N–H and O–H groups in total. The van der Waals surface area contributed by atoms with Crippen LogP contribution in [0.3, 0.4) is 0 Å². The minimum absolute atomic E-state index is 0.157. The van der Waals surface area contributed by atoms with Crippen LogP contribution in [-0.4, -0.2) is 44.9 Å². The van der Waals surface area contributed by atoms with E-state index in [0.29, 0.717) is 31.2 Å². The number of carbonyl (C=O) groups excluding carboxylic acids is 1. The van der Waals surface area contributed by atoms with E-state index >= 15 is 0 Å². The van der Waals surface area contributed by atoms with Crippen molar-refractivity contribution in [3.63, 3.8) is 0 Å². The van der Waals surface area contributed by atoms with Crippen LogP contribution >= 0.6 is 0 Å². The fourth-order valence-corrected chi connectivity index (χ4v) is 3.35. The minimum atomic E-state index is -0.186. The smallest absolute Gasteiger partial charge is 0.256 e. The Bertz CT molecular complexity index is 740. The SMILES string of the molecule is COc1ccc(C2(CNC(=O)c3cccnc3OC)CCOCC2)cc1. The molecular formula is C20H24N2O4. The Morgan fingerprint density at radius 2 is 1.88 bits per heavy atom. The number of nitrogens with zero attached hydrogens (tertiary/aromatic N) is 1. The standard InChI is InChI=1S/C20H24N2O4/c1-24-16-7-5-15(6-8-16)20(9-12-26-13-10-20)14-22-18(23)17-4-3-11-21-19(17)25-2/h3-8,11H,9-10,12-14H2,1-2H3,(H,22,23). The van der Waals surface area contributed by atoms with Crippen LogP contribution in [0.5, 0.6) is 11.6 Å². The maximum Gasteiger partial charge on any atom is 0.256 e.